The zero-order chi connectivity index (χ0) is 10.1. The summed E-state index contributed by atoms with van der Waals surface area (Å²) in [5.41, 5.74) is 1.46. The molecule has 0 fully saturated rings. The van der Waals surface area contributed by atoms with Gasteiger partial charge in [-0.15, -0.1) is 0 Å². The average Bonchev–Trinajstić information content (AvgIpc) is 2.17. The number of benzene rings is 1. The van der Waals surface area contributed by atoms with E-state index in [1.807, 2.05) is 6.92 Å². The van der Waals surface area contributed by atoms with Crippen molar-refractivity contribution in [3.63, 3.8) is 0 Å². The fourth-order valence-corrected chi connectivity index (χ4v) is 1.39. The first-order valence-electron chi connectivity index (χ1n) is 4.14. The van der Waals surface area contributed by atoms with E-state index in [0.717, 1.165) is 5.69 Å². The monoisotopic (exact) mass is 192 g/mol. The molecule has 0 unspecified atom stereocenters. The smallest absolute Gasteiger partial charge is 0.158 e. The number of aryl methyl sites for hydroxylation is 1. The Morgan fingerprint density at radius 3 is 2.86 bits per heavy atom. The first-order valence-corrected chi connectivity index (χ1v) is 4.14. The molecule has 4 heteroatoms. The van der Waals surface area contributed by atoms with Crippen molar-refractivity contribution in [1.82, 2.24) is 4.98 Å². The lowest BCUT2D eigenvalue weighted by Gasteiger charge is -2.05. The molecule has 3 nitrogen and oxygen atoms in total. The van der Waals surface area contributed by atoms with Gasteiger partial charge < -0.3 is 4.84 Å². The van der Waals surface area contributed by atoms with Crippen LogP contribution in [-0.4, -0.2) is 4.98 Å². The lowest BCUT2D eigenvalue weighted by atomic mass is 10.2. The molecule has 0 aliphatic carbocycles. The van der Waals surface area contributed by atoms with Crippen LogP contribution in [0.3, 0.4) is 0 Å². The van der Waals surface area contributed by atoms with E-state index in [-0.39, 0.29) is 5.82 Å². The molecular weight excluding hydrogens is 183 g/mol. The third kappa shape index (κ3) is 1.40. The molecule has 1 aromatic heterocycles. The van der Waals surface area contributed by atoms with Gasteiger partial charge in [0.2, 0.25) is 0 Å². The van der Waals surface area contributed by atoms with Gasteiger partial charge in [-0.2, -0.15) is 5.90 Å². The van der Waals surface area contributed by atoms with Gasteiger partial charge in [0.05, 0.1) is 5.52 Å². The standard InChI is InChI=1S/C10H9FN2O/c1-6-4-10(14-12)8-5-7(11)2-3-9(8)13-6/h2-5H,12H2,1H3. The predicted octanol–water partition coefficient (Wildman–Crippen LogP) is 1.93. The Hall–Kier alpha value is -1.68. The van der Waals surface area contributed by atoms with Crippen LogP contribution in [0.25, 0.3) is 10.9 Å². The number of nitrogens with two attached hydrogens (primary N) is 1. The number of rotatable bonds is 1. The highest BCUT2D eigenvalue weighted by Crippen LogP contribution is 2.25. The van der Waals surface area contributed by atoms with Gasteiger partial charge in [-0.25, -0.2) is 4.39 Å². The molecule has 1 heterocycles. The molecular formula is C10H9FN2O. The highest BCUT2D eigenvalue weighted by molar-refractivity contribution is 5.85. The van der Waals surface area contributed by atoms with Gasteiger partial charge >= 0.3 is 0 Å². The molecule has 1 aromatic carbocycles. The zero-order valence-corrected chi connectivity index (χ0v) is 7.62. The van der Waals surface area contributed by atoms with Gasteiger partial charge in [0, 0.05) is 17.1 Å². The number of fused-ring (bicyclic) bond motifs is 1. The Labute approximate surface area is 80.3 Å². The second-order valence-corrected chi connectivity index (χ2v) is 3.04. The normalized spacial score (nSPS) is 10.5. The third-order valence-corrected chi connectivity index (χ3v) is 1.99. The molecule has 0 radical (unpaired) electrons. The Morgan fingerprint density at radius 1 is 1.36 bits per heavy atom. The minimum Gasteiger partial charge on any atom is -0.411 e. The average molecular weight is 192 g/mol. The van der Waals surface area contributed by atoms with E-state index >= 15 is 0 Å². The molecule has 0 atom stereocenters. The van der Waals surface area contributed by atoms with Gasteiger partial charge in [-0.1, -0.05) is 0 Å². The fourth-order valence-electron chi connectivity index (χ4n) is 1.39. The van der Waals surface area contributed by atoms with Crippen molar-refractivity contribution in [3.05, 3.63) is 35.8 Å². The Bertz CT molecular complexity index is 485. The summed E-state index contributed by atoms with van der Waals surface area (Å²) in [6.45, 7) is 1.82. The number of aromatic nitrogens is 1. The number of halogens is 1. The van der Waals surface area contributed by atoms with Crippen molar-refractivity contribution in [1.29, 1.82) is 0 Å². The second-order valence-electron chi connectivity index (χ2n) is 3.04. The van der Waals surface area contributed by atoms with Crippen molar-refractivity contribution in [2.75, 3.05) is 0 Å². The molecule has 2 aromatic rings. The van der Waals surface area contributed by atoms with E-state index in [1.54, 1.807) is 12.1 Å². The zero-order valence-electron chi connectivity index (χ0n) is 7.62. The minimum atomic E-state index is -0.332. The van der Waals surface area contributed by atoms with Crippen LogP contribution >= 0.6 is 0 Å². The van der Waals surface area contributed by atoms with Crippen molar-refractivity contribution in [3.8, 4) is 5.75 Å². The molecule has 0 bridgehead atoms. The second kappa shape index (κ2) is 3.23. The van der Waals surface area contributed by atoms with Crippen molar-refractivity contribution in [2.45, 2.75) is 6.92 Å². The van der Waals surface area contributed by atoms with Gasteiger partial charge in [-0.3, -0.25) is 4.98 Å². The summed E-state index contributed by atoms with van der Waals surface area (Å²) in [5.74, 6) is 5.19. The number of pyridine rings is 1. The molecule has 0 saturated heterocycles. The van der Waals surface area contributed by atoms with Crippen LogP contribution in [0.5, 0.6) is 5.75 Å². The highest BCUT2D eigenvalue weighted by Gasteiger charge is 2.05. The lowest BCUT2D eigenvalue weighted by molar-refractivity contribution is 0.338. The van der Waals surface area contributed by atoms with Crippen molar-refractivity contribution < 1.29 is 9.23 Å². The summed E-state index contributed by atoms with van der Waals surface area (Å²) in [4.78, 5) is 8.88. The van der Waals surface area contributed by atoms with E-state index in [1.165, 1.54) is 12.1 Å². The van der Waals surface area contributed by atoms with Crippen LogP contribution in [0.4, 0.5) is 4.39 Å². The van der Waals surface area contributed by atoms with Crippen molar-refractivity contribution >= 4 is 10.9 Å². The van der Waals surface area contributed by atoms with Crippen LogP contribution in [0.15, 0.2) is 24.3 Å². The maximum Gasteiger partial charge on any atom is 0.158 e. The summed E-state index contributed by atoms with van der Waals surface area (Å²) in [6, 6.07) is 5.97. The lowest BCUT2D eigenvalue weighted by Crippen LogP contribution is -2.03. The maximum absolute atomic E-state index is 12.9. The number of nitrogens with zero attached hydrogens (tertiary/aromatic N) is 1. The number of hydrogen-bond donors (Lipinski definition) is 1. The van der Waals surface area contributed by atoms with Gasteiger partial charge in [0.15, 0.2) is 5.75 Å². The summed E-state index contributed by atoms with van der Waals surface area (Å²) < 4.78 is 12.9. The summed E-state index contributed by atoms with van der Waals surface area (Å²) in [7, 11) is 0. The largest absolute Gasteiger partial charge is 0.411 e. The quantitative estimate of drug-likeness (QED) is 0.702. The molecule has 2 rings (SSSR count). The van der Waals surface area contributed by atoms with E-state index in [2.05, 4.69) is 9.82 Å². The Kier molecular flexibility index (Phi) is 2.05. The van der Waals surface area contributed by atoms with Crippen molar-refractivity contribution in [2.24, 2.45) is 5.90 Å². The summed E-state index contributed by atoms with van der Waals surface area (Å²) in [5, 5.41) is 0.582. The van der Waals surface area contributed by atoms with Gasteiger partial charge in [-0.05, 0) is 25.1 Å². The van der Waals surface area contributed by atoms with Crippen LogP contribution in [0.2, 0.25) is 0 Å². The molecule has 0 aliphatic heterocycles. The van der Waals surface area contributed by atoms with Crippen LogP contribution in [0, 0.1) is 12.7 Å². The first-order chi connectivity index (χ1) is 6.70. The molecule has 0 amide bonds. The molecule has 72 valence electrons. The summed E-state index contributed by atoms with van der Waals surface area (Å²) >= 11 is 0. The first kappa shape index (κ1) is 8.90. The minimum absolute atomic E-state index is 0.332. The van der Waals surface area contributed by atoms with Gasteiger partial charge in [0.1, 0.15) is 5.82 Å². The Balaban J connectivity index is 2.81. The van der Waals surface area contributed by atoms with Crippen LogP contribution < -0.4 is 10.7 Å². The van der Waals surface area contributed by atoms with Crippen LogP contribution in [0.1, 0.15) is 5.69 Å². The maximum atomic E-state index is 12.9. The number of hydrogen-bond acceptors (Lipinski definition) is 3. The highest BCUT2D eigenvalue weighted by atomic mass is 19.1. The fraction of sp³-hybridized carbons (Fsp3) is 0.100. The molecule has 0 spiro atoms. The third-order valence-electron chi connectivity index (χ3n) is 1.99. The van der Waals surface area contributed by atoms with Gasteiger partial charge in [0.25, 0.3) is 0 Å². The molecule has 14 heavy (non-hydrogen) atoms. The molecule has 2 N–H and O–H groups in total. The predicted molar refractivity (Wildman–Crippen MR) is 51.3 cm³/mol. The van der Waals surface area contributed by atoms with E-state index in [9.17, 15) is 4.39 Å². The van der Waals surface area contributed by atoms with E-state index in [4.69, 9.17) is 5.90 Å². The molecule has 0 saturated carbocycles. The summed E-state index contributed by atoms with van der Waals surface area (Å²) in [6.07, 6.45) is 0. The van der Waals surface area contributed by atoms with Crippen LogP contribution in [-0.2, 0) is 0 Å². The van der Waals surface area contributed by atoms with E-state index < -0.39 is 0 Å². The Morgan fingerprint density at radius 2 is 2.14 bits per heavy atom. The molecule has 0 aliphatic rings. The van der Waals surface area contributed by atoms with E-state index in [0.29, 0.717) is 16.7 Å². The topological polar surface area (TPSA) is 48.1 Å². The SMILES string of the molecule is Cc1cc(ON)c2cc(F)ccc2n1.